The number of ether oxygens (including phenoxy) is 10. The summed E-state index contributed by atoms with van der Waals surface area (Å²) in [6, 6.07) is 48.6. The molecule has 79 heavy (non-hydrogen) atoms. The monoisotopic (exact) mass is 1070 g/mol. The number of hydrogen-bond acceptors (Lipinski definition) is 16. The van der Waals surface area contributed by atoms with Crippen LogP contribution in [0.3, 0.4) is 0 Å². The van der Waals surface area contributed by atoms with E-state index in [1.165, 1.54) is 48.5 Å². The zero-order chi connectivity index (χ0) is 54.9. The summed E-state index contributed by atoms with van der Waals surface area (Å²) in [6.45, 7) is 3.44. The van der Waals surface area contributed by atoms with Crippen molar-refractivity contribution < 1.29 is 76.1 Å². The summed E-state index contributed by atoms with van der Waals surface area (Å²) in [4.78, 5) is 84.9. The van der Waals surface area contributed by atoms with Crippen molar-refractivity contribution in [2.45, 2.75) is 82.0 Å². The van der Waals surface area contributed by atoms with Crippen LogP contribution in [-0.2, 0) is 47.4 Å². The molecule has 2 heterocycles. The Balaban J connectivity index is 1.03. The van der Waals surface area contributed by atoms with Crippen LogP contribution in [0.2, 0.25) is 0 Å². The van der Waals surface area contributed by atoms with E-state index >= 15 is 0 Å². The van der Waals surface area contributed by atoms with Crippen molar-refractivity contribution in [2.75, 3.05) is 19.8 Å². The molecule has 0 spiro atoms. The lowest BCUT2D eigenvalue weighted by Crippen LogP contribution is -2.64. The van der Waals surface area contributed by atoms with E-state index < -0.39 is 104 Å². The zero-order valence-corrected chi connectivity index (χ0v) is 43.3. The molecule has 16 nitrogen and oxygen atoms in total. The van der Waals surface area contributed by atoms with E-state index in [-0.39, 0.29) is 51.3 Å². The first-order chi connectivity index (χ1) is 38.4. The molecule has 0 amide bonds. The number of fused-ring (bicyclic) bond motifs is 1. The SMILES string of the molecule is CC1(C)[C@H]2CC=C(CO[C@@H]3O[C@H](CO[C@@H]4OC[C@H](OC(=O)c5ccccc5)[C@H](OC(=O)c5ccccc5)[C@H]4OC(=O)c4ccccc4)[C@@H](OC(=O)c4ccccc4)[C@H](OC(=O)c4ccccc4)[C@H]3OC(=O)c3ccccc3)[C@@H]1C2. The van der Waals surface area contributed by atoms with Gasteiger partial charge in [-0.2, -0.15) is 0 Å². The molecule has 6 aromatic rings. The Kier molecular flexibility index (Phi) is 16.8. The predicted molar refractivity (Wildman–Crippen MR) is 282 cm³/mol. The highest BCUT2D eigenvalue weighted by Crippen LogP contribution is 2.59. The van der Waals surface area contributed by atoms with Crippen molar-refractivity contribution in [3.05, 3.63) is 227 Å². The first-order valence-electron chi connectivity index (χ1n) is 26.2. The van der Waals surface area contributed by atoms with Crippen molar-refractivity contribution in [2.24, 2.45) is 17.3 Å². The number of carbonyl (C=O) groups excluding carboxylic acids is 6. The summed E-state index contributed by atoms with van der Waals surface area (Å²) >= 11 is 0. The molecule has 11 rings (SSSR count). The van der Waals surface area contributed by atoms with Gasteiger partial charge in [0.25, 0.3) is 0 Å². The van der Waals surface area contributed by atoms with Crippen LogP contribution >= 0.6 is 0 Å². The van der Waals surface area contributed by atoms with Gasteiger partial charge in [-0.1, -0.05) is 129 Å². The van der Waals surface area contributed by atoms with Crippen molar-refractivity contribution in [1.82, 2.24) is 0 Å². The van der Waals surface area contributed by atoms with Crippen molar-refractivity contribution >= 4 is 35.8 Å². The van der Waals surface area contributed by atoms with Gasteiger partial charge in [0.15, 0.2) is 49.2 Å². The standard InChI is InChI=1S/C63H58O16/c1-63(2)46-34-33-45(47(63)35-46)36-70-62-54(79-60(69)44-31-19-8-20-32-44)52(77-58(67)42-27-15-6-16-28-42)50(75-56(65)40-23-11-4-12-24-40)49(74-62)38-72-61-53(78-59(68)43-29-17-7-18-30-43)51(76-57(66)41-25-13-5-14-26-41)48(37-71-61)73-55(64)39-21-9-3-10-22-39/h3-33,46-54,61-62H,34-38H2,1-2H3/t46-,47-,48-,49+,50+,51-,52-,53+,54+,61-,62+/m0/s1. The summed E-state index contributed by atoms with van der Waals surface area (Å²) in [7, 11) is 0. The molecule has 0 aromatic heterocycles. The predicted octanol–water partition coefficient (Wildman–Crippen LogP) is 9.45. The molecule has 3 fully saturated rings. The van der Waals surface area contributed by atoms with Gasteiger partial charge < -0.3 is 47.4 Å². The largest absolute Gasteiger partial charge is 0.452 e. The minimum atomic E-state index is -1.66. The second kappa shape index (κ2) is 24.6. The van der Waals surface area contributed by atoms with Crippen molar-refractivity contribution in [1.29, 1.82) is 0 Å². The minimum Gasteiger partial charge on any atom is -0.452 e. The fraction of sp³-hybridized carbons (Fsp3) is 0.302. The van der Waals surface area contributed by atoms with Crippen LogP contribution in [0.4, 0.5) is 0 Å². The van der Waals surface area contributed by atoms with Crippen LogP contribution < -0.4 is 0 Å². The van der Waals surface area contributed by atoms with Gasteiger partial charge in [0, 0.05) is 0 Å². The topological polar surface area (TPSA) is 195 Å². The normalized spacial score (nSPS) is 25.6. The Morgan fingerprint density at radius 3 is 1.22 bits per heavy atom. The van der Waals surface area contributed by atoms with Gasteiger partial charge in [0.2, 0.25) is 0 Å². The van der Waals surface area contributed by atoms with E-state index in [4.69, 9.17) is 47.4 Å². The van der Waals surface area contributed by atoms with E-state index in [0.717, 1.165) is 18.4 Å². The Bertz CT molecular complexity index is 3100. The van der Waals surface area contributed by atoms with Crippen LogP contribution in [0.25, 0.3) is 0 Å². The Hall–Kier alpha value is -8.28. The third-order valence-corrected chi connectivity index (χ3v) is 14.9. The Labute approximate surface area is 456 Å². The second-order valence-electron chi connectivity index (χ2n) is 20.2. The van der Waals surface area contributed by atoms with Crippen molar-refractivity contribution in [3.63, 3.8) is 0 Å². The summed E-state index contributed by atoms with van der Waals surface area (Å²) in [5.74, 6) is -4.31. The van der Waals surface area contributed by atoms with Crippen LogP contribution in [-0.4, -0.2) is 111 Å². The highest BCUT2D eigenvalue weighted by molar-refractivity contribution is 5.92. The molecule has 5 aliphatic rings. The summed E-state index contributed by atoms with van der Waals surface area (Å²) in [5.41, 5.74) is 1.89. The number of carbonyl (C=O) groups is 6. The lowest BCUT2D eigenvalue weighted by molar-refractivity contribution is -0.317. The second-order valence-corrected chi connectivity index (χ2v) is 20.2. The van der Waals surface area contributed by atoms with Gasteiger partial charge in [0.05, 0.1) is 53.2 Å². The summed E-state index contributed by atoms with van der Waals surface area (Å²) < 4.78 is 63.7. The molecular weight excluding hydrogens is 1010 g/mol. The zero-order valence-electron chi connectivity index (χ0n) is 43.3. The quantitative estimate of drug-likeness (QED) is 0.0448. The van der Waals surface area contributed by atoms with Crippen molar-refractivity contribution in [3.8, 4) is 0 Å². The number of benzene rings is 6. The molecule has 406 valence electrons. The van der Waals surface area contributed by atoms with Gasteiger partial charge in [-0.15, -0.1) is 0 Å². The van der Waals surface area contributed by atoms with Gasteiger partial charge >= 0.3 is 35.8 Å². The molecule has 1 saturated carbocycles. The van der Waals surface area contributed by atoms with Crippen LogP contribution in [0, 0.1) is 17.3 Å². The average molecular weight is 1070 g/mol. The molecule has 2 bridgehead atoms. The first-order valence-corrected chi connectivity index (χ1v) is 26.2. The molecule has 2 aliphatic heterocycles. The van der Waals surface area contributed by atoms with Crippen LogP contribution in [0.15, 0.2) is 194 Å². The molecule has 11 atom stereocenters. The Morgan fingerprint density at radius 2 is 0.810 bits per heavy atom. The average Bonchev–Trinajstić information content (AvgIpc) is 3.61. The lowest BCUT2D eigenvalue weighted by Gasteiger charge is -2.56. The van der Waals surface area contributed by atoms with Crippen LogP contribution in [0.1, 0.15) is 88.8 Å². The van der Waals surface area contributed by atoms with Gasteiger partial charge in [-0.25, -0.2) is 28.8 Å². The highest BCUT2D eigenvalue weighted by Gasteiger charge is 2.56. The van der Waals surface area contributed by atoms with Gasteiger partial charge in [0.1, 0.15) is 6.10 Å². The maximum atomic E-state index is 14.4. The smallest absolute Gasteiger partial charge is 0.338 e. The Morgan fingerprint density at radius 1 is 0.443 bits per heavy atom. The maximum absolute atomic E-state index is 14.4. The molecule has 0 radical (unpaired) electrons. The third-order valence-electron chi connectivity index (χ3n) is 14.9. The van der Waals surface area contributed by atoms with Crippen LogP contribution in [0.5, 0.6) is 0 Å². The number of allylic oxidation sites excluding steroid dienone is 1. The fourth-order valence-corrected chi connectivity index (χ4v) is 10.4. The van der Waals surface area contributed by atoms with Gasteiger partial charge in [-0.3, -0.25) is 0 Å². The molecule has 0 unspecified atom stereocenters. The van der Waals surface area contributed by atoms with Gasteiger partial charge in [-0.05, 0) is 108 Å². The summed E-state index contributed by atoms with van der Waals surface area (Å²) in [5, 5.41) is 0. The third kappa shape index (κ3) is 12.5. The van der Waals surface area contributed by atoms with E-state index in [1.807, 2.05) is 0 Å². The molecule has 2 saturated heterocycles. The van der Waals surface area contributed by atoms with E-state index in [1.54, 1.807) is 133 Å². The molecule has 0 N–H and O–H groups in total. The van der Waals surface area contributed by atoms with E-state index in [2.05, 4.69) is 19.9 Å². The molecular formula is C63H58O16. The first kappa shape index (κ1) is 54.1. The summed E-state index contributed by atoms with van der Waals surface area (Å²) in [6.07, 6.45) is -10.1. The lowest BCUT2D eigenvalue weighted by atomic mass is 9.49. The number of hydrogen-bond donors (Lipinski definition) is 0. The number of rotatable bonds is 18. The van der Waals surface area contributed by atoms with E-state index in [9.17, 15) is 28.8 Å². The highest BCUT2D eigenvalue weighted by atomic mass is 16.8. The number of esters is 6. The molecule has 6 aromatic carbocycles. The molecule has 3 aliphatic carbocycles. The van der Waals surface area contributed by atoms with E-state index in [0.29, 0.717) is 5.92 Å². The molecule has 16 heteroatoms. The maximum Gasteiger partial charge on any atom is 0.338 e. The minimum absolute atomic E-state index is 0.00751. The fourth-order valence-electron chi connectivity index (χ4n) is 10.4.